The third-order valence-corrected chi connectivity index (χ3v) is 2.51. The first-order valence-corrected chi connectivity index (χ1v) is 5.57. The number of Topliss-reactive ketones (excluding diaryl/α,β-unsaturated/α-hetero) is 1. The number of hydrogen-bond acceptors (Lipinski definition) is 3. The van der Waals surface area contributed by atoms with Crippen LogP contribution in [0.25, 0.3) is 0 Å². The van der Waals surface area contributed by atoms with Crippen molar-refractivity contribution in [1.29, 1.82) is 0 Å². The van der Waals surface area contributed by atoms with Crippen molar-refractivity contribution in [3.8, 4) is 0 Å². The number of hydrogen-bond donors (Lipinski definition) is 2. The van der Waals surface area contributed by atoms with Crippen LogP contribution in [-0.2, 0) is 9.59 Å². The summed E-state index contributed by atoms with van der Waals surface area (Å²) in [7, 11) is 0. The number of carbonyl (C=O) groups is 2. The molecule has 0 spiro atoms. The van der Waals surface area contributed by atoms with E-state index in [9.17, 15) is 9.59 Å². The number of ketones is 1. The molecule has 0 aromatic rings. The van der Waals surface area contributed by atoms with Crippen LogP contribution < -0.4 is 0 Å². The molecule has 0 saturated carbocycles. The molecule has 0 heterocycles. The topological polar surface area (TPSA) is 54.4 Å². The molecule has 0 aromatic heterocycles. The Labute approximate surface area is 90.3 Å². The average molecular weight is 218 g/mol. The first-order chi connectivity index (χ1) is 6.59. The van der Waals surface area contributed by atoms with Crippen LogP contribution in [0.15, 0.2) is 0 Å². The van der Waals surface area contributed by atoms with Gasteiger partial charge in [-0.05, 0) is 25.5 Å². The lowest BCUT2D eigenvalue weighted by Crippen LogP contribution is -2.21. The first kappa shape index (κ1) is 13.5. The van der Waals surface area contributed by atoms with Gasteiger partial charge in [-0.3, -0.25) is 9.59 Å². The van der Waals surface area contributed by atoms with Crippen molar-refractivity contribution >= 4 is 24.4 Å². The molecule has 4 heteroatoms. The molecule has 0 aliphatic carbocycles. The molecular formula is C10H18O3S. The molecule has 1 atom stereocenters. The SMILES string of the molecule is CC(=O)C(CCCCCCS)C(=O)O. The minimum Gasteiger partial charge on any atom is -0.481 e. The second-order valence-corrected chi connectivity index (χ2v) is 3.88. The van der Waals surface area contributed by atoms with E-state index < -0.39 is 11.9 Å². The van der Waals surface area contributed by atoms with Crippen molar-refractivity contribution in [2.75, 3.05) is 5.75 Å². The van der Waals surface area contributed by atoms with E-state index >= 15 is 0 Å². The van der Waals surface area contributed by atoms with Gasteiger partial charge in [0.05, 0.1) is 0 Å². The highest BCUT2D eigenvalue weighted by molar-refractivity contribution is 7.80. The van der Waals surface area contributed by atoms with Crippen LogP contribution in [0.2, 0.25) is 0 Å². The molecule has 1 unspecified atom stereocenters. The van der Waals surface area contributed by atoms with Crippen molar-refractivity contribution in [2.45, 2.75) is 39.0 Å². The summed E-state index contributed by atoms with van der Waals surface area (Å²) in [5, 5.41) is 8.71. The predicted molar refractivity (Wildman–Crippen MR) is 58.7 cm³/mol. The van der Waals surface area contributed by atoms with Gasteiger partial charge in [0, 0.05) is 0 Å². The molecule has 0 radical (unpaired) electrons. The average Bonchev–Trinajstić information content (AvgIpc) is 2.09. The standard InChI is InChI=1S/C10H18O3S/c1-8(11)9(10(12)13)6-4-2-3-5-7-14/h9,14H,2-7H2,1H3,(H,12,13). The molecule has 82 valence electrons. The highest BCUT2D eigenvalue weighted by Gasteiger charge is 2.21. The number of aliphatic carboxylic acids is 1. The molecular weight excluding hydrogens is 200 g/mol. The summed E-state index contributed by atoms with van der Waals surface area (Å²) in [6.07, 6.45) is 4.38. The lowest BCUT2D eigenvalue weighted by molar-refractivity contribution is -0.146. The van der Waals surface area contributed by atoms with Gasteiger partial charge in [-0.2, -0.15) is 12.6 Å². The van der Waals surface area contributed by atoms with Gasteiger partial charge >= 0.3 is 5.97 Å². The van der Waals surface area contributed by atoms with Gasteiger partial charge in [0.1, 0.15) is 11.7 Å². The fourth-order valence-electron chi connectivity index (χ4n) is 1.31. The van der Waals surface area contributed by atoms with E-state index in [2.05, 4.69) is 12.6 Å². The first-order valence-electron chi connectivity index (χ1n) is 4.93. The monoisotopic (exact) mass is 218 g/mol. The normalized spacial score (nSPS) is 12.4. The van der Waals surface area contributed by atoms with Gasteiger partial charge in [0.25, 0.3) is 0 Å². The van der Waals surface area contributed by atoms with Gasteiger partial charge in [0.2, 0.25) is 0 Å². The summed E-state index contributed by atoms with van der Waals surface area (Å²) in [6, 6.07) is 0. The van der Waals surface area contributed by atoms with Crippen LogP contribution in [0, 0.1) is 5.92 Å². The van der Waals surface area contributed by atoms with Gasteiger partial charge in [0.15, 0.2) is 0 Å². The Morgan fingerprint density at radius 1 is 1.21 bits per heavy atom. The zero-order valence-corrected chi connectivity index (χ0v) is 9.43. The number of carboxylic acid groups (broad SMARTS) is 1. The minimum absolute atomic E-state index is 0.244. The molecule has 1 N–H and O–H groups in total. The fraction of sp³-hybridized carbons (Fsp3) is 0.800. The Kier molecular flexibility index (Phi) is 7.57. The van der Waals surface area contributed by atoms with Crippen molar-refractivity contribution in [3.05, 3.63) is 0 Å². The van der Waals surface area contributed by atoms with E-state index in [4.69, 9.17) is 5.11 Å². The van der Waals surface area contributed by atoms with Crippen molar-refractivity contribution in [3.63, 3.8) is 0 Å². The molecule has 0 bridgehead atoms. The van der Waals surface area contributed by atoms with Crippen LogP contribution in [0.1, 0.15) is 39.0 Å². The molecule has 0 aliphatic heterocycles. The van der Waals surface area contributed by atoms with Crippen molar-refractivity contribution < 1.29 is 14.7 Å². The van der Waals surface area contributed by atoms with E-state index in [1.54, 1.807) is 0 Å². The molecule has 0 aliphatic rings. The third kappa shape index (κ3) is 6.02. The maximum atomic E-state index is 10.9. The third-order valence-electron chi connectivity index (χ3n) is 2.19. The lowest BCUT2D eigenvalue weighted by Gasteiger charge is -2.07. The van der Waals surface area contributed by atoms with Gasteiger partial charge in [-0.1, -0.05) is 19.3 Å². The minimum atomic E-state index is -0.994. The second kappa shape index (κ2) is 7.85. The Bertz CT molecular complexity index is 178. The van der Waals surface area contributed by atoms with Crippen LogP contribution in [-0.4, -0.2) is 22.6 Å². The molecule has 14 heavy (non-hydrogen) atoms. The molecule has 0 fully saturated rings. The van der Waals surface area contributed by atoms with Gasteiger partial charge in [-0.15, -0.1) is 0 Å². The maximum Gasteiger partial charge on any atom is 0.314 e. The second-order valence-electron chi connectivity index (χ2n) is 3.43. The summed E-state index contributed by atoms with van der Waals surface area (Å²) >= 11 is 4.08. The van der Waals surface area contributed by atoms with Crippen molar-refractivity contribution in [2.24, 2.45) is 5.92 Å². The number of carbonyl (C=O) groups excluding carboxylic acids is 1. The zero-order valence-electron chi connectivity index (χ0n) is 8.53. The largest absolute Gasteiger partial charge is 0.481 e. The quantitative estimate of drug-likeness (QED) is 0.373. The summed E-state index contributed by atoms with van der Waals surface area (Å²) in [6.45, 7) is 1.34. The molecule has 0 amide bonds. The molecule has 3 nitrogen and oxygen atoms in total. The number of thiol groups is 1. The van der Waals surface area contributed by atoms with Crippen LogP contribution in [0.3, 0.4) is 0 Å². The summed E-state index contributed by atoms with van der Waals surface area (Å²) in [5.74, 6) is -1.17. The fourth-order valence-corrected chi connectivity index (χ4v) is 1.54. The summed E-state index contributed by atoms with van der Waals surface area (Å²) < 4.78 is 0. The number of unbranched alkanes of at least 4 members (excludes halogenated alkanes) is 3. The smallest absolute Gasteiger partial charge is 0.314 e. The number of carboxylic acids is 1. The highest BCUT2D eigenvalue weighted by atomic mass is 32.1. The van der Waals surface area contributed by atoms with Crippen LogP contribution >= 0.6 is 12.6 Å². The number of rotatable bonds is 8. The Hall–Kier alpha value is -0.510. The Morgan fingerprint density at radius 2 is 1.79 bits per heavy atom. The molecule has 0 rings (SSSR count). The lowest BCUT2D eigenvalue weighted by atomic mass is 9.97. The van der Waals surface area contributed by atoms with Crippen LogP contribution in [0.4, 0.5) is 0 Å². The van der Waals surface area contributed by atoms with Crippen molar-refractivity contribution in [1.82, 2.24) is 0 Å². The Balaban J connectivity index is 3.62. The summed E-state index contributed by atoms with van der Waals surface area (Å²) in [5.41, 5.74) is 0. The molecule has 0 saturated heterocycles. The zero-order chi connectivity index (χ0) is 11.0. The van der Waals surface area contributed by atoms with Crippen LogP contribution in [0.5, 0.6) is 0 Å². The predicted octanol–water partition coefficient (Wildman–Crippen LogP) is 2.16. The van der Waals surface area contributed by atoms with Gasteiger partial charge in [-0.25, -0.2) is 0 Å². The van der Waals surface area contributed by atoms with E-state index in [1.165, 1.54) is 6.92 Å². The van der Waals surface area contributed by atoms with E-state index in [0.717, 1.165) is 31.4 Å². The Morgan fingerprint density at radius 3 is 2.21 bits per heavy atom. The molecule has 0 aromatic carbocycles. The maximum absolute atomic E-state index is 10.9. The van der Waals surface area contributed by atoms with E-state index in [1.807, 2.05) is 0 Å². The van der Waals surface area contributed by atoms with E-state index in [-0.39, 0.29) is 5.78 Å². The van der Waals surface area contributed by atoms with E-state index in [0.29, 0.717) is 6.42 Å². The van der Waals surface area contributed by atoms with Gasteiger partial charge < -0.3 is 5.11 Å². The summed E-state index contributed by atoms with van der Waals surface area (Å²) in [4.78, 5) is 21.5. The highest BCUT2D eigenvalue weighted by Crippen LogP contribution is 2.12.